The Bertz CT molecular complexity index is 260. The van der Waals surface area contributed by atoms with E-state index in [2.05, 4.69) is 0 Å². The van der Waals surface area contributed by atoms with Gasteiger partial charge in [0.05, 0.1) is 5.56 Å². The Hall–Kier alpha value is -0.627. The maximum atomic E-state index is 10.2. The number of hydrogen-bond acceptors (Lipinski definition) is 2. The van der Waals surface area contributed by atoms with Gasteiger partial charge in [0, 0.05) is 0 Å². The topological polar surface area (TPSA) is 57.5 Å². The summed E-state index contributed by atoms with van der Waals surface area (Å²) in [6.45, 7) is 0. The molecule has 0 aromatic heterocycles. The molecule has 2 N–H and O–H groups in total. The van der Waals surface area contributed by atoms with E-state index in [0.717, 1.165) is 0 Å². The zero-order valence-corrected chi connectivity index (χ0v) is 11.3. The molecule has 0 radical (unpaired) electrons. The predicted octanol–water partition coefficient (Wildman–Crippen LogP) is -0.0935. The van der Waals surface area contributed by atoms with E-state index in [1.807, 2.05) is 0 Å². The number of aromatic carboxylic acids is 1. The third-order valence-electron chi connectivity index (χ3n) is 1.09. The van der Waals surface area contributed by atoms with Crippen LogP contribution in [0.4, 0.5) is 0 Å². The molecule has 0 saturated heterocycles. The van der Waals surface area contributed by atoms with Crippen molar-refractivity contribution in [2.45, 2.75) is 0 Å². The zero-order valence-electron chi connectivity index (χ0n) is 5.82. The van der Waals surface area contributed by atoms with E-state index in [9.17, 15) is 4.79 Å². The standard InChI is InChI=1S/C7H6O3.Bi.3H/c8-6-3-1-2-5(4-6)7(9)10;;;;/h1-4,8H,(H,9,10);;;;. The fraction of sp³-hybridized carbons (Fsp3) is 0. The summed E-state index contributed by atoms with van der Waals surface area (Å²) in [4.78, 5) is 10.2. The Morgan fingerprint density at radius 1 is 1.36 bits per heavy atom. The molecular formula is C7H9BiO3. The second-order valence-electron chi connectivity index (χ2n) is 1.86. The van der Waals surface area contributed by atoms with Gasteiger partial charge < -0.3 is 10.2 Å². The minimum absolute atomic E-state index is 0. The summed E-state index contributed by atoms with van der Waals surface area (Å²) in [7, 11) is 0. The van der Waals surface area contributed by atoms with E-state index >= 15 is 0 Å². The summed E-state index contributed by atoms with van der Waals surface area (Å²) < 4.78 is 0. The third-order valence-corrected chi connectivity index (χ3v) is 1.09. The molecule has 0 aliphatic rings. The molecule has 1 aromatic carbocycles. The summed E-state index contributed by atoms with van der Waals surface area (Å²) in [5.41, 5.74) is 0.0972. The first-order chi connectivity index (χ1) is 4.70. The SMILES string of the molecule is O=C(O)c1cccc(O)c1.[BiH3]. The van der Waals surface area contributed by atoms with Gasteiger partial charge in [0.2, 0.25) is 0 Å². The van der Waals surface area contributed by atoms with Crippen LogP contribution in [0.25, 0.3) is 0 Å². The molecule has 0 aliphatic heterocycles. The first-order valence-electron chi connectivity index (χ1n) is 2.72. The van der Waals surface area contributed by atoms with Gasteiger partial charge >= 0.3 is 32.2 Å². The number of hydrogen-bond donors (Lipinski definition) is 2. The first-order valence-corrected chi connectivity index (χ1v) is 2.72. The minimum atomic E-state index is -1.03. The average Bonchev–Trinajstić information content (AvgIpc) is 1.88. The van der Waals surface area contributed by atoms with Crippen molar-refractivity contribution in [3.63, 3.8) is 0 Å². The van der Waals surface area contributed by atoms with Crippen molar-refractivity contribution >= 4 is 32.2 Å². The number of phenolic OH excluding ortho intramolecular Hbond substituents is 1. The van der Waals surface area contributed by atoms with Crippen molar-refractivity contribution in [3.8, 4) is 5.75 Å². The number of benzene rings is 1. The molecule has 0 heterocycles. The molecule has 0 unspecified atom stereocenters. The van der Waals surface area contributed by atoms with Gasteiger partial charge in [-0.3, -0.25) is 0 Å². The van der Waals surface area contributed by atoms with Crippen LogP contribution >= 0.6 is 0 Å². The number of aromatic hydroxyl groups is 1. The fourth-order valence-electron chi connectivity index (χ4n) is 0.639. The van der Waals surface area contributed by atoms with Crippen molar-refractivity contribution in [1.82, 2.24) is 0 Å². The average molecular weight is 350 g/mol. The van der Waals surface area contributed by atoms with Gasteiger partial charge in [-0.1, -0.05) is 6.07 Å². The molecule has 1 rings (SSSR count). The van der Waals surface area contributed by atoms with Crippen molar-refractivity contribution in [1.29, 1.82) is 0 Å². The summed E-state index contributed by atoms with van der Waals surface area (Å²) in [5.74, 6) is -1.06. The Kier molecular flexibility index (Phi) is 4.05. The van der Waals surface area contributed by atoms with Crippen molar-refractivity contribution < 1.29 is 15.0 Å². The maximum absolute atomic E-state index is 10.2. The van der Waals surface area contributed by atoms with E-state index in [0.29, 0.717) is 0 Å². The zero-order chi connectivity index (χ0) is 7.56. The Balaban J connectivity index is 0.000001000. The quantitative estimate of drug-likeness (QED) is 0.696. The van der Waals surface area contributed by atoms with Gasteiger partial charge in [-0.2, -0.15) is 0 Å². The summed E-state index contributed by atoms with van der Waals surface area (Å²) in [6, 6.07) is 5.52. The van der Waals surface area contributed by atoms with Crippen LogP contribution in [0.1, 0.15) is 10.4 Å². The number of carboxylic acids is 1. The molecule has 0 saturated carbocycles. The van der Waals surface area contributed by atoms with Crippen LogP contribution in [0.2, 0.25) is 0 Å². The molecule has 0 amide bonds. The van der Waals surface area contributed by atoms with E-state index in [-0.39, 0.29) is 37.5 Å². The molecule has 0 aliphatic carbocycles. The van der Waals surface area contributed by atoms with Gasteiger partial charge in [0.1, 0.15) is 5.75 Å². The van der Waals surface area contributed by atoms with Gasteiger partial charge in [-0.25, -0.2) is 4.79 Å². The number of carbonyl (C=O) groups is 1. The monoisotopic (exact) mass is 350 g/mol. The van der Waals surface area contributed by atoms with E-state index < -0.39 is 5.97 Å². The van der Waals surface area contributed by atoms with Gasteiger partial charge in [0.15, 0.2) is 0 Å². The molecule has 4 heteroatoms. The van der Waals surface area contributed by atoms with Crippen molar-refractivity contribution in [2.75, 3.05) is 0 Å². The summed E-state index contributed by atoms with van der Waals surface area (Å²) in [5, 5.41) is 17.2. The van der Waals surface area contributed by atoms with Crippen LogP contribution in [0.5, 0.6) is 5.75 Å². The van der Waals surface area contributed by atoms with Crippen molar-refractivity contribution in [2.24, 2.45) is 0 Å². The number of rotatable bonds is 1. The van der Waals surface area contributed by atoms with Gasteiger partial charge in [-0.05, 0) is 18.2 Å². The fourth-order valence-corrected chi connectivity index (χ4v) is 0.639. The Morgan fingerprint density at radius 2 is 2.00 bits per heavy atom. The van der Waals surface area contributed by atoms with E-state index in [4.69, 9.17) is 10.2 Å². The molecule has 3 nitrogen and oxygen atoms in total. The predicted molar refractivity (Wildman–Crippen MR) is 45.0 cm³/mol. The van der Waals surface area contributed by atoms with Crippen LogP contribution in [0, 0.1) is 0 Å². The second-order valence-corrected chi connectivity index (χ2v) is 1.86. The van der Waals surface area contributed by atoms with Crippen LogP contribution < -0.4 is 0 Å². The summed E-state index contributed by atoms with van der Waals surface area (Å²) >= 11 is 0. The first kappa shape index (κ1) is 10.4. The number of phenols is 1. The molecule has 11 heavy (non-hydrogen) atoms. The molecule has 0 bridgehead atoms. The molecular weight excluding hydrogens is 341 g/mol. The van der Waals surface area contributed by atoms with Crippen LogP contribution in [-0.4, -0.2) is 42.4 Å². The third kappa shape index (κ3) is 2.85. The Labute approximate surface area is 82.8 Å². The van der Waals surface area contributed by atoms with Crippen molar-refractivity contribution in [3.05, 3.63) is 29.8 Å². The number of carboxylic acid groups (broad SMARTS) is 1. The molecule has 0 spiro atoms. The Morgan fingerprint density at radius 3 is 2.36 bits per heavy atom. The molecule has 0 fully saturated rings. The van der Waals surface area contributed by atoms with Gasteiger partial charge in [-0.15, -0.1) is 0 Å². The van der Waals surface area contributed by atoms with Crippen LogP contribution in [-0.2, 0) is 0 Å². The van der Waals surface area contributed by atoms with E-state index in [1.165, 1.54) is 24.3 Å². The van der Waals surface area contributed by atoms with Crippen LogP contribution in [0.3, 0.4) is 0 Å². The molecule has 60 valence electrons. The molecule has 1 aromatic rings. The van der Waals surface area contributed by atoms with Crippen LogP contribution in [0.15, 0.2) is 24.3 Å². The normalized spacial score (nSPS) is 8.36. The second kappa shape index (κ2) is 4.29. The summed E-state index contributed by atoms with van der Waals surface area (Å²) in [6.07, 6.45) is 0. The molecule has 0 atom stereocenters. The van der Waals surface area contributed by atoms with Gasteiger partial charge in [0.25, 0.3) is 0 Å². The van der Waals surface area contributed by atoms with E-state index in [1.54, 1.807) is 0 Å².